The maximum atomic E-state index is 13.4. The number of alkyl halides is 3. The minimum Gasteiger partial charge on any atom is -0.492 e. The minimum atomic E-state index is -4.74. The van der Waals surface area contributed by atoms with Gasteiger partial charge in [-0.25, -0.2) is 8.42 Å². The summed E-state index contributed by atoms with van der Waals surface area (Å²) in [6, 6.07) is 9.94. The molecule has 2 N–H and O–H groups in total. The van der Waals surface area contributed by atoms with Gasteiger partial charge in [-0.15, -0.1) is 0 Å². The Labute approximate surface area is 198 Å². The van der Waals surface area contributed by atoms with Crippen molar-refractivity contribution < 1.29 is 26.3 Å². The van der Waals surface area contributed by atoms with Crippen LogP contribution in [0.1, 0.15) is 31.2 Å². The van der Waals surface area contributed by atoms with Crippen LogP contribution >= 0.6 is 27.5 Å². The summed E-state index contributed by atoms with van der Waals surface area (Å²) in [7, 11) is -4.08. The lowest BCUT2D eigenvalue weighted by molar-refractivity contribution is -0.136. The molecule has 2 aromatic rings. The second kappa shape index (κ2) is 10.6. The summed E-state index contributed by atoms with van der Waals surface area (Å²) in [5.74, 6) is 0.679. The lowest BCUT2D eigenvalue weighted by Crippen LogP contribution is -2.49. The van der Waals surface area contributed by atoms with Gasteiger partial charge in [0.2, 0.25) is 10.0 Å². The molecule has 0 bridgehead atoms. The van der Waals surface area contributed by atoms with Crippen LogP contribution in [0.2, 0.25) is 5.02 Å². The summed E-state index contributed by atoms with van der Waals surface area (Å²) in [5.41, 5.74) is -1.64. The first-order valence-electron chi connectivity index (χ1n) is 10.1. The van der Waals surface area contributed by atoms with Gasteiger partial charge in [-0.3, -0.25) is 4.72 Å². The topological polar surface area (TPSA) is 67.4 Å². The fourth-order valence-corrected chi connectivity index (χ4v) is 6.07. The summed E-state index contributed by atoms with van der Waals surface area (Å²) in [5, 5.41) is 2.22. The van der Waals surface area contributed by atoms with Crippen molar-refractivity contribution in [2.45, 2.75) is 43.2 Å². The standard InChI is InChI=1S/C21H23BrClF3N2O3S/c22-14-4-3-5-16(12-14)31-11-10-27-19-6-1-2-7-20(19)32(29,30)28-18-9-8-15(23)13-17(18)21(24,25)26/h3-5,8-9,12-13,19-20,27-28H,1-2,6-7,10-11H2. The SMILES string of the molecule is O=S(=O)(Nc1ccc(Cl)cc1C(F)(F)F)C1CCCCC1NCCOc1cccc(Br)c1. The van der Waals surface area contributed by atoms with Gasteiger partial charge in [-0.1, -0.05) is 46.4 Å². The number of hydrogen-bond acceptors (Lipinski definition) is 4. The monoisotopic (exact) mass is 554 g/mol. The van der Waals surface area contributed by atoms with Gasteiger partial charge in [0.05, 0.1) is 16.5 Å². The molecule has 0 saturated heterocycles. The van der Waals surface area contributed by atoms with E-state index in [1.807, 2.05) is 24.3 Å². The Morgan fingerprint density at radius 2 is 1.88 bits per heavy atom. The molecule has 2 unspecified atom stereocenters. The third kappa shape index (κ3) is 6.76. The molecule has 2 aromatic carbocycles. The van der Waals surface area contributed by atoms with Crippen molar-refractivity contribution in [3.05, 3.63) is 57.5 Å². The zero-order valence-electron chi connectivity index (χ0n) is 17.0. The van der Waals surface area contributed by atoms with Crippen LogP contribution in [0.15, 0.2) is 46.9 Å². The Kier molecular flexibility index (Phi) is 8.35. The van der Waals surface area contributed by atoms with Gasteiger partial charge in [0.1, 0.15) is 12.4 Å². The third-order valence-corrected chi connectivity index (χ3v) is 7.81. The van der Waals surface area contributed by atoms with Gasteiger partial charge in [-0.05, 0) is 49.2 Å². The van der Waals surface area contributed by atoms with E-state index in [4.69, 9.17) is 16.3 Å². The van der Waals surface area contributed by atoms with Crippen LogP contribution in [0.5, 0.6) is 5.75 Å². The number of halogens is 5. The molecule has 1 aliphatic rings. The molecule has 0 spiro atoms. The number of rotatable bonds is 8. The molecule has 1 fully saturated rings. The highest BCUT2D eigenvalue weighted by Gasteiger charge is 2.38. The van der Waals surface area contributed by atoms with Gasteiger partial charge in [0.15, 0.2) is 0 Å². The van der Waals surface area contributed by atoms with E-state index in [1.165, 1.54) is 6.07 Å². The fourth-order valence-electron chi connectivity index (χ4n) is 3.74. The molecule has 3 rings (SSSR count). The molecule has 2 atom stereocenters. The molecule has 5 nitrogen and oxygen atoms in total. The fraction of sp³-hybridized carbons (Fsp3) is 0.429. The summed E-state index contributed by atoms with van der Waals surface area (Å²) in [6.45, 7) is 0.723. The highest BCUT2D eigenvalue weighted by atomic mass is 79.9. The van der Waals surface area contributed by atoms with Crippen molar-refractivity contribution in [3.63, 3.8) is 0 Å². The molecule has 1 aliphatic carbocycles. The van der Waals surface area contributed by atoms with Crippen LogP contribution < -0.4 is 14.8 Å². The summed E-state index contributed by atoms with van der Waals surface area (Å²) < 4.78 is 74.9. The number of ether oxygens (including phenoxy) is 1. The molecule has 32 heavy (non-hydrogen) atoms. The Hall–Kier alpha value is -1.49. The predicted octanol–water partition coefficient (Wildman–Crippen LogP) is 5.84. The third-order valence-electron chi connectivity index (χ3n) is 5.21. The van der Waals surface area contributed by atoms with Crippen molar-refractivity contribution in [2.75, 3.05) is 17.9 Å². The highest BCUT2D eigenvalue weighted by molar-refractivity contribution is 9.10. The Balaban J connectivity index is 1.66. The number of benzene rings is 2. The summed E-state index contributed by atoms with van der Waals surface area (Å²) in [6.07, 6.45) is -2.25. The molecule has 0 aliphatic heterocycles. The predicted molar refractivity (Wildman–Crippen MR) is 123 cm³/mol. The van der Waals surface area contributed by atoms with Crippen molar-refractivity contribution >= 4 is 43.2 Å². The van der Waals surface area contributed by atoms with E-state index in [0.29, 0.717) is 38.2 Å². The number of anilines is 1. The van der Waals surface area contributed by atoms with E-state index in [0.717, 1.165) is 23.0 Å². The van der Waals surface area contributed by atoms with Gasteiger partial charge < -0.3 is 10.1 Å². The molecule has 11 heteroatoms. The Bertz CT molecular complexity index is 1040. The van der Waals surface area contributed by atoms with Gasteiger partial charge in [0.25, 0.3) is 0 Å². The van der Waals surface area contributed by atoms with E-state index in [-0.39, 0.29) is 5.02 Å². The van der Waals surface area contributed by atoms with E-state index in [2.05, 4.69) is 26.0 Å². The maximum absolute atomic E-state index is 13.4. The Morgan fingerprint density at radius 1 is 1.12 bits per heavy atom. The smallest absolute Gasteiger partial charge is 0.418 e. The van der Waals surface area contributed by atoms with Crippen molar-refractivity contribution in [3.8, 4) is 5.75 Å². The normalized spacial score (nSPS) is 19.5. The molecule has 0 radical (unpaired) electrons. The van der Waals surface area contributed by atoms with Gasteiger partial charge in [-0.2, -0.15) is 13.2 Å². The van der Waals surface area contributed by atoms with Crippen LogP contribution in [0.25, 0.3) is 0 Å². The van der Waals surface area contributed by atoms with Crippen LogP contribution in [0.4, 0.5) is 18.9 Å². The highest BCUT2D eigenvalue weighted by Crippen LogP contribution is 2.37. The first-order chi connectivity index (χ1) is 15.1. The van der Waals surface area contributed by atoms with E-state index in [9.17, 15) is 21.6 Å². The van der Waals surface area contributed by atoms with Gasteiger partial charge >= 0.3 is 6.18 Å². The average molecular weight is 556 g/mol. The van der Waals surface area contributed by atoms with Gasteiger partial charge in [0, 0.05) is 22.1 Å². The number of sulfonamides is 1. The molecule has 1 saturated carbocycles. The average Bonchev–Trinajstić information content (AvgIpc) is 2.72. The second-order valence-corrected chi connectivity index (χ2v) is 10.8. The molecule has 176 valence electrons. The second-order valence-electron chi connectivity index (χ2n) is 7.52. The lowest BCUT2D eigenvalue weighted by Gasteiger charge is -2.32. The first-order valence-corrected chi connectivity index (χ1v) is 12.8. The zero-order valence-corrected chi connectivity index (χ0v) is 20.1. The van der Waals surface area contributed by atoms with Crippen molar-refractivity contribution in [1.82, 2.24) is 5.32 Å². The van der Waals surface area contributed by atoms with Crippen molar-refractivity contribution in [1.29, 1.82) is 0 Å². The molecule has 0 amide bonds. The van der Waals surface area contributed by atoms with Crippen LogP contribution in [0, 0.1) is 0 Å². The maximum Gasteiger partial charge on any atom is 0.418 e. The lowest BCUT2D eigenvalue weighted by atomic mass is 9.95. The molecular weight excluding hydrogens is 533 g/mol. The van der Waals surface area contributed by atoms with Crippen LogP contribution in [-0.4, -0.2) is 32.9 Å². The number of hydrogen-bond donors (Lipinski definition) is 2. The number of nitrogens with one attached hydrogen (secondary N) is 2. The summed E-state index contributed by atoms with van der Waals surface area (Å²) in [4.78, 5) is 0. The molecule has 0 heterocycles. The van der Waals surface area contributed by atoms with Crippen LogP contribution in [0.3, 0.4) is 0 Å². The van der Waals surface area contributed by atoms with E-state index in [1.54, 1.807) is 0 Å². The zero-order chi connectivity index (χ0) is 23.4. The van der Waals surface area contributed by atoms with Crippen LogP contribution in [-0.2, 0) is 16.2 Å². The minimum absolute atomic E-state index is 0.122. The molecular formula is C21H23BrClF3N2O3S. The largest absolute Gasteiger partial charge is 0.492 e. The Morgan fingerprint density at radius 3 is 2.59 bits per heavy atom. The van der Waals surface area contributed by atoms with E-state index < -0.39 is 38.7 Å². The quantitative estimate of drug-likeness (QED) is 0.402. The molecule has 0 aromatic heterocycles. The van der Waals surface area contributed by atoms with Crippen molar-refractivity contribution in [2.24, 2.45) is 0 Å². The van der Waals surface area contributed by atoms with E-state index >= 15 is 0 Å². The summed E-state index contributed by atoms with van der Waals surface area (Å²) >= 11 is 9.05. The first kappa shape index (κ1) is 25.1.